The fourth-order valence-electron chi connectivity index (χ4n) is 3.55. The number of aryl methyl sites for hydroxylation is 1. The van der Waals surface area contributed by atoms with Crippen LogP contribution in [0.1, 0.15) is 24.5 Å². The Hall–Kier alpha value is -3.01. The van der Waals surface area contributed by atoms with Crippen LogP contribution in [0.3, 0.4) is 0 Å². The van der Waals surface area contributed by atoms with Gasteiger partial charge in [0.15, 0.2) is 5.56 Å². The molecule has 1 atom stereocenters. The predicted molar refractivity (Wildman–Crippen MR) is 102 cm³/mol. The molecule has 136 valence electrons. The first-order chi connectivity index (χ1) is 12.5. The van der Waals surface area contributed by atoms with Gasteiger partial charge in [-0.05, 0) is 31.4 Å². The van der Waals surface area contributed by atoms with Crippen molar-refractivity contribution in [2.45, 2.75) is 25.8 Å². The Labute approximate surface area is 152 Å². The van der Waals surface area contributed by atoms with Gasteiger partial charge in [0, 0.05) is 38.9 Å². The average molecular weight is 353 g/mol. The minimum atomic E-state index is -0.574. The standard InChI is InChI=1S/C19H23N5O2/c1-13-8-9-14-6-4-5-7-16(14)24(13)11-10-21-17-15(12-20)18(25)23(3)19(26)22(17)2/h4-7,13,21H,8-11H2,1-3H3/t13-/m1/s1. The number of fused-ring (bicyclic) bond motifs is 1. The minimum Gasteiger partial charge on any atom is -0.368 e. The van der Waals surface area contributed by atoms with Crippen molar-refractivity contribution in [3.8, 4) is 6.07 Å². The molecule has 0 amide bonds. The third-order valence-electron chi connectivity index (χ3n) is 5.09. The third-order valence-corrected chi connectivity index (χ3v) is 5.09. The molecule has 1 aliphatic heterocycles. The quantitative estimate of drug-likeness (QED) is 0.893. The molecule has 0 bridgehead atoms. The predicted octanol–water partition coefficient (Wildman–Crippen LogP) is 1.21. The van der Waals surface area contributed by atoms with Crippen LogP contribution in [-0.2, 0) is 20.5 Å². The lowest BCUT2D eigenvalue weighted by Gasteiger charge is -2.37. The molecule has 0 aliphatic carbocycles. The van der Waals surface area contributed by atoms with E-state index in [9.17, 15) is 14.9 Å². The maximum absolute atomic E-state index is 12.2. The first-order valence-electron chi connectivity index (χ1n) is 8.74. The smallest absolute Gasteiger partial charge is 0.332 e. The summed E-state index contributed by atoms with van der Waals surface area (Å²) in [6.07, 6.45) is 2.16. The van der Waals surface area contributed by atoms with Crippen molar-refractivity contribution in [1.82, 2.24) is 9.13 Å². The van der Waals surface area contributed by atoms with Crippen molar-refractivity contribution < 1.29 is 0 Å². The minimum absolute atomic E-state index is 0.0401. The Morgan fingerprint density at radius 1 is 1.23 bits per heavy atom. The Balaban J connectivity index is 1.83. The van der Waals surface area contributed by atoms with E-state index in [0.29, 0.717) is 19.1 Å². The molecule has 3 rings (SSSR count). The highest BCUT2D eigenvalue weighted by Crippen LogP contribution is 2.29. The van der Waals surface area contributed by atoms with E-state index >= 15 is 0 Å². The van der Waals surface area contributed by atoms with E-state index in [-0.39, 0.29) is 11.4 Å². The molecule has 7 nitrogen and oxygen atoms in total. The van der Waals surface area contributed by atoms with E-state index in [1.807, 2.05) is 12.1 Å². The van der Waals surface area contributed by atoms with Crippen molar-refractivity contribution in [2.75, 3.05) is 23.3 Å². The molecule has 1 aliphatic rings. The highest BCUT2D eigenvalue weighted by atomic mass is 16.2. The summed E-state index contributed by atoms with van der Waals surface area (Å²) < 4.78 is 2.26. The Kier molecular flexibility index (Phi) is 4.85. The number of aromatic nitrogens is 2. The second-order valence-electron chi connectivity index (χ2n) is 6.68. The fraction of sp³-hybridized carbons (Fsp3) is 0.421. The van der Waals surface area contributed by atoms with Gasteiger partial charge in [0.2, 0.25) is 0 Å². The summed E-state index contributed by atoms with van der Waals surface area (Å²) in [5.74, 6) is 0.276. The van der Waals surface area contributed by atoms with Crippen molar-refractivity contribution in [1.29, 1.82) is 5.26 Å². The Morgan fingerprint density at radius 2 is 1.96 bits per heavy atom. The van der Waals surface area contributed by atoms with Gasteiger partial charge >= 0.3 is 5.69 Å². The first kappa shape index (κ1) is 17.8. The number of nitrogens with one attached hydrogen (secondary N) is 1. The zero-order chi connectivity index (χ0) is 18.8. The van der Waals surface area contributed by atoms with Crippen molar-refractivity contribution in [2.24, 2.45) is 14.1 Å². The second-order valence-corrected chi connectivity index (χ2v) is 6.68. The van der Waals surface area contributed by atoms with Crippen LogP contribution in [0, 0.1) is 11.3 Å². The van der Waals surface area contributed by atoms with E-state index in [1.165, 1.54) is 22.9 Å². The van der Waals surface area contributed by atoms with Crippen LogP contribution in [0.4, 0.5) is 11.5 Å². The van der Waals surface area contributed by atoms with Crippen molar-refractivity contribution in [3.63, 3.8) is 0 Å². The van der Waals surface area contributed by atoms with E-state index < -0.39 is 11.2 Å². The van der Waals surface area contributed by atoms with Gasteiger partial charge in [-0.15, -0.1) is 0 Å². The first-order valence-corrected chi connectivity index (χ1v) is 8.74. The van der Waals surface area contributed by atoms with E-state index in [1.54, 1.807) is 7.05 Å². The average Bonchev–Trinajstić information content (AvgIpc) is 2.65. The monoisotopic (exact) mass is 353 g/mol. The molecule has 0 radical (unpaired) electrons. The highest BCUT2D eigenvalue weighted by Gasteiger charge is 2.22. The molecule has 7 heteroatoms. The fourth-order valence-corrected chi connectivity index (χ4v) is 3.55. The number of nitriles is 1. The topological polar surface area (TPSA) is 83.1 Å². The molecule has 1 N–H and O–H groups in total. The lowest BCUT2D eigenvalue weighted by Crippen LogP contribution is -2.42. The third kappa shape index (κ3) is 2.99. The summed E-state index contributed by atoms with van der Waals surface area (Å²) in [6.45, 7) is 3.44. The molecule has 2 heterocycles. The van der Waals surface area contributed by atoms with E-state index in [4.69, 9.17) is 0 Å². The number of rotatable bonds is 4. The molecular formula is C19H23N5O2. The lowest BCUT2D eigenvalue weighted by molar-refractivity contribution is 0.567. The SMILES string of the molecule is C[C@@H]1CCc2ccccc2N1CCNc1c(C#N)c(=O)n(C)c(=O)n1C. The van der Waals surface area contributed by atoms with Gasteiger partial charge in [0.05, 0.1) is 0 Å². The summed E-state index contributed by atoms with van der Waals surface area (Å²) >= 11 is 0. The molecular weight excluding hydrogens is 330 g/mol. The Bertz CT molecular complexity index is 983. The van der Waals surface area contributed by atoms with Gasteiger partial charge in [-0.25, -0.2) is 4.79 Å². The molecule has 0 unspecified atom stereocenters. The van der Waals surface area contributed by atoms with Gasteiger partial charge in [0.1, 0.15) is 11.9 Å². The van der Waals surface area contributed by atoms with Gasteiger partial charge in [-0.1, -0.05) is 18.2 Å². The van der Waals surface area contributed by atoms with Crippen LogP contribution in [0.2, 0.25) is 0 Å². The number of anilines is 2. The maximum Gasteiger partial charge on any atom is 0.332 e. The van der Waals surface area contributed by atoms with Gasteiger partial charge in [-0.2, -0.15) is 5.26 Å². The van der Waals surface area contributed by atoms with Crippen LogP contribution in [0.5, 0.6) is 0 Å². The maximum atomic E-state index is 12.2. The van der Waals surface area contributed by atoms with E-state index in [2.05, 4.69) is 35.3 Å². The zero-order valence-electron chi connectivity index (χ0n) is 15.3. The molecule has 26 heavy (non-hydrogen) atoms. The molecule has 2 aromatic rings. The molecule has 1 aromatic heterocycles. The van der Waals surface area contributed by atoms with Crippen LogP contribution < -0.4 is 21.5 Å². The lowest BCUT2D eigenvalue weighted by atomic mass is 9.97. The summed E-state index contributed by atoms with van der Waals surface area (Å²) in [4.78, 5) is 26.6. The molecule has 1 aromatic carbocycles. The van der Waals surface area contributed by atoms with Crippen LogP contribution in [0.25, 0.3) is 0 Å². The van der Waals surface area contributed by atoms with Crippen LogP contribution >= 0.6 is 0 Å². The summed E-state index contributed by atoms with van der Waals surface area (Å²) in [5.41, 5.74) is 1.50. The van der Waals surface area contributed by atoms with Crippen LogP contribution in [-0.4, -0.2) is 28.3 Å². The summed E-state index contributed by atoms with van der Waals surface area (Å²) in [5, 5.41) is 12.5. The van der Waals surface area contributed by atoms with Gasteiger partial charge in [0.25, 0.3) is 5.56 Å². The number of benzene rings is 1. The van der Waals surface area contributed by atoms with Crippen molar-refractivity contribution in [3.05, 3.63) is 56.2 Å². The number of nitrogens with zero attached hydrogens (tertiary/aromatic N) is 4. The highest BCUT2D eigenvalue weighted by molar-refractivity contribution is 5.57. The molecule has 0 saturated carbocycles. The van der Waals surface area contributed by atoms with Gasteiger partial charge < -0.3 is 10.2 Å². The largest absolute Gasteiger partial charge is 0.368 e. The van der Waals surface area contributed by atoms with E-state index in [0.717, 1.165) is 17.4 Å². The zero-order valence-corrected chi connectivity index (χ0v) is 15.3. The molecule has 0 saturated heterocycles. The number of hydrogen-bond acceptors (Lipinski definition) is 5. The summed E-state index contributed by atoms with van der Waals surface area (Å²) in [6, 6.07) is 10.7. The number of para-hydroxylation sites is 1. The Morgan fingerprint density at radius 3 is 2.69 bits per heavy atom. The normalized spacial score (nSPS) is 16.1. The second kappa shape index (κ2) is 7.08. The van der Waals surface area contributed by atoms with Crippen molar-refractivity contribution >= 4 is 11.5 Å². The van der Waals surface area contributed by atoms with Crippen LogP contribution in [0.15, 0.2) is 33.9 Å². The molecule has 0 fully saturated rings. The molecule has 0 spiro atoms. The summed E-state index contributed by atoms with van der Waals surface area (Å²) in [7, 11) is 2.94. The van der Waals surface area contributed by atoms with Gasteiger partial charge in [-0.3, -0.25) is 13.9 Å². The number of hydrogen-bond donors (Lipinski definition) is 1.